The number of carbonyl (C=O) groups is 2. The summed E-state index contributed by atoms with van der Waals surface area (Å²) < 4.78 is 10.7. The van der Waals surface area contributed by atoms with Crippen molar-refractivity contribution in [3.05, 3.63) is 59.2 Å². The largest absolute Gasteiger partial charge is 0.449 e. The third-order valence-electron chi connectivity index (χ3n) is 4.62. The van der Waals surface area contributed by atoms with E-state index in [-0.39, 0.29) is 5.91 Å². The summed E-state index contributed by atoms with van der Waals surface area (Å²) in [6, 6.07) is 13.1. The molecule has 0 aromatic heterocycles. The van der Waals surface area contributed by atoms with Crippen LogP contribution in [0.25, 0.3) is 0 Å². The van der Waals surface area contributed by atoms with Gasteiger partial charge >= 0.3 is 5.97 Å². The van der Waals surface area contributed by atoms with Crippen LogP contribution in [0.2, 0.25) is 0 Å². The lowest BCUT2D eigenvalue weighted by atomic mass is 10.1. The number of aryl methyl sites for hydroxylation is 2. The highest BCUT2D eigenvalue weighted by Crippen LogP contribution is 2.19. The predicted octanol–water partition coefficient (Wildman–Crippen LogP) is 3.32. The van der Waals surface area contributed by atoms with E-state index in [4.69, 9.17) is 9.47 Å². The second-order valence-corrected chi connectivity index (χ2v) is 7.06. The van der Waals surface area contributed by atoms with E-state index in [0.29, 0.717) is 11.3 Å². The Balaban J connectivity index is 1.56. The highest BCUT2D eigenvalue weighted by atomic mass is 16.5. The van der Waals surface area contributed by atoms with E-state index in [1.807, 2.05) is 44.2 Å². The van der Waals surface area contributed by atoms with Gasteiger partial charge in [-0.3, -0.25) is 4.79 Å². The monoisotopic (exact) mass is 382 g/mol. The van der Waals surface area contributed by atoms with Gasteiger partial charge in [-0.15, -0.1) is 0 Å². The molecule has 0 radical (unpaired) electrons. The van der Waals surface area contributed by atoms with Crippen molar-refractivity contribution in [3.63, 3.8) is 0 Å². The molecule has 0 saturated carbocycles. The van der Waals surface area contributed by atoms with Crippen LogP contribution in [-0.2, 0) is 14.3 Å². The molecule has 0 bridgehead atoms. The molecule has 1 N–H and O–H groups in total. The lowest BCUT2D eigenvalue weighted by molar-refractivity contribution is -0.123. The molecule has 3 rings (SSSR count). The summed E-state index contributed by atoms with van der Waals surface area (Å²) in [4.78, 5) is 26.9. The molecule has 1 heterocycles. The summed E-state index contributed by atoms with van der Waals surface area (Å²) in [7, 11) is 0. The van der Waals surface area contributed by atoms with E-state index in [1.165, 1.54) is 0 Å². The summed E-state index contributed by atoms with van der Waals surface area (Å²) in [6.45, 7) is 8.57. The van der Waals surface area contributed by atoms with Gasteiger partial charge in [0.05, 0.1) is 18.8 Å². The second-order valence-electron chi connectivity index (χ2n) is 7.06. The van der Waals surface area contributed by atoms with Gasteiger partial charge in [-0.2, -0.15) is 0 Å². The Bertz CT molecular complexity index is 822. The van der Waals surface area contributed by atoms with Crippen LogP contribution in [0, 0.1) is 13.8 Å². The number of rotatable bonds is 5. The number of ether oxygens (including phenoxy) is 2. The predicted molar refractivity (Wildman–Crippen MR) is 109 cm³/mol. The number of nitrogens with zero attached hydrogens (tertiary/aromatic N) is 1. The van der Waals surface area contributed by atoms with Gasteiger partial charge in [-0.1, -0.05) is 17.2 Å². The van der Waals surface area contributed by atoms with Crippen LogP contribution in [0.15, 0.2) is 42.5 Å². The maximum Gasteiger partial charge on any atom is 0.338 e. The third kappa shape index (κ3) is 5.10. The number of benzene rings is 2. The van der Waals surface area contributed by atoms with Gasteiger partial charge in [0, 0.05) is 24.5 Å². The Morgan fingerprint density at radius 3 is 2.25 bits per heavy atom. The van der Waals surface area contributed by atoms with Crippen molar-refractivity contribution in [2.75, 3.05) is 36.5 Å². The van der Waals surface area contributed by atoms with Gasteiger partial charge in [0.25, 0.3) is 5.91 Å². The van der Waals surface area contributed by atoms with E-state index in [0.717, 1.165) is 43.1 Å². The van der Waals surface area contributed by atoms with E-state index in [9.17, 15) is 9.59 Å². The molecule has 28 heavy (non-hydrogen) atoms. The Morgan fingerprint density at radius 1 is 1.04 bits per heavy atom. The van der Waals surface area contributed by atoms with Crippen molar-refractivity contribution in [3.8, 4) is 0 Å². The molecule has 148 valence electrons. The maximum atomic E-state index is 12.4. The van der Waals surface area contributed by atoms with Crippen molar-refractivity contribution in [1.29, 1.82) is 0 Å². The average molecular weight is 382 g/mol. The van der Waals surface area contributed by atoms with Crippen LogP contribution in [0.4, 0.5) is 11.4 Å². The highest BCUT2D eigenvalue weighted by molar-refractivity contribution is 5.97. The van der Waals surface area contributed by atoms with Crippen molar-refractivity contribution < 1.29 is 19.1 Å². The molecule has 2 aromatic rings. The molecule has 1 atom stereocenters. The number of carbonyl (C=O) groups excluding carboxylic acids is 2. The zero-order chi connectivity index (χ0) is 20.1. The van der Waals surface area contributed by atoms with Gasteiger partial charge < -0.3 is 19.7 Å². The lowest BCUT2D eigenvalue weighted by Gasteiger charge is -2.28. The lowest BCUT2D eigenvalue weighted by Crippen LogP contribution is -2.36. The van der Waals surface area contributed by atoms with E-state index >= 15 is 0 Å². The van der Waals surface area contributed by atoms with Gasteiger partial charge in [0.2, 0.25) is 0 Å². The van der Waals surface area contributed by atoms with E-state index in [1.54, 1.807) is 19.1 Å². The molecule has 1 saturated heterocycles. The number of anilines is 2. The number of hydrogen-bond donors (Lipinski definition) is 1. The molecule has 0 unspecified atom stereocenters. The van der Waals surface area contributed by atoms with Crippen molar-refractivity contribution >= 4 is 23.3 Å². The SMILES string of the molecule is Cc1cc(C)cc(C(=O)O[C@H](C)C(=O)Nc2ccc(N3CCOCC3)cc2)c1. The maximum absolute atomic E-state index is 12.4. The molecule has 0 aliphatic carbocycles. The Morgan fingerprint density at radius 2 is 1.64 bits per heavy atom. The Labute approximate surface area is 165 Å². The third-order valence-corrected chi connectivity index (χ3v) is 4.62. The van der Waals surface area contributed by atoms with Gasteiger partial charge in [0.15, 0.2) is 6.10 Å². The average Bonchev–Trinajstić information content (AvgIpc) is 2.68. The molecule has 6 nitrogen and oxygen atoms in total. The zero-order valence-corrected chi connectivity index (χ0v) is 16.5. The first-order valence-electron chi connectivity index (χ1n) is 9.45. The van der Waals surface area contributed by atoms with Crippen molar-refractivity contribution in [2.24, 2.45) is 0 Å². The van der Waals surface area contributed by atoms with Crippen molar-refractivity contribution in [2.45, 2.75) is 26.9 Å². The minimum absolute atomic E-state index is 0.364. The van der Waals surface area contributed by atoms with Crippen LogP contribution in [0.1, 0.15) is 28.4 Å². The van der Waals surface area contributed by atoms with Gasteiger partial charge in [-0.05, 0) is 57.2 Å². The van der Waals surface area contributed by atoms with Crippen LogP contribution in [0.3, 0.4) is 0 Å². The molecule has 0 spiro atoms. The number of esters is 1. The summed E-state index contributed by atoms with van der Waals surface area (Å²) in [5.41, 5.74) is 4.16. The summed E-state index contributed by atoms with van der Waals surface area (Å²) >= 11 is 0. The minimum Gasteiger partial charge on any atom is -0.449 e. The molecule has 1 amide bonds. The fraction of sp³-hybridized carbons (Fsp3) is 0.364. The smallest absolute Gasteiger partial charge is 0.338 e. The highest BCUT2D eigenvalue weighted by Gasteiger charge is 2.19. The summed E-state index contributed by atoms with van der Waals surface area (Å²) in [5.74, 6) is -0.867. The second kappa shape index (κ2) is 8.89. The van der Waals surface area contributed by atoms with Crippen LogP contribution < -0.4 is 10.2 Å². The fourth-order valence-corrected chi connectivity index (χ4v) is 3.20. The molecule has 2 aromatic carbocycles. The normalized spacial score (nSPS) is 15.0. The van der Waals surface area contributed by atoms with Crippen molar-refractivity contribution in [1.82, 2.24) is 0 Å². The first kappa shape index (κ1) is 19.9. The number of morpholine rings is 1. The molecular formula is C22H26N2O4. The number of nitrogens with one attached hydrogen (secondary N) is 1. The van der Waals surface area contributed by atoms with Crippen LogP contribution >= 0.6 is 0 Å². The Kier molecular flexibility index (Phi) is 6.31. The molecular weight excluding hydrogens is 356 g/mol. The minimum atomic E-state index is -0.896. The summed E-state index contributed by atoms with van der Waals surface area (Å²) in [6.07, 6.45) is -0.896. The first-order valence-corrected chi connectivity index (χ1v) is 9.45. The zero-order valence-electron chi connectivity index (χ0n) is 16.5. The number of hydrogen-bond acceptors (Lipinski definition) is 5. The summed E-state index contributed by atoms with van der Waals surface area (Å²) in [5, 5.41) is 2.79. The Hall–Kier alpha value is -2.86. The topological polar surface area (TPSA) is 67.9 Å². The fourth-order valence-electron chi connectivity index (χ4n) is 3.20. The molecule has 1 aliphatic rings. The van der Waals surface area contributed by atoms with E-state index in [2.05, 4.69) is 10.2 Å². The number of amides is 1. The van der Waals surface area contributed by atoms with Crippen LogP contribution in [-0.4, -0.2) is 44.3 Å². The standard InChI is InChI=1S/C22H26N2O4/c1-15-12-16(2)14-18(13-15)22(26)28-17(3)21(25)23-19-4-6-20(7-5-19)24-8-10-27-11-9-24/h4-7,12-14,17H,8-11H2,1-3H3,(H,23,25)/t17-/m1/s1. The molecule has 1 aliphatic heterocycles. The molecule has 1 fully saturated rings. The van der Waals surface area contributed by atoms with Gasteiger partial charge in [-0.25, -0.2) is 4.79 Å². The quantitative estimate of drug-likeness (QED) is 0.804. The van der Waals surface area contributed by atoms with E-state index < -0.39 is 12.1 Å². The first-order chi connectivity index (χ1) is 13.4. The van der Waals surface area contributed by atoms with Crippen LogP contribution in [0.5, 0.6) is 0 Å². The molecule has 6 heteroatoms. The van der Waals surface area contributed by atoms with Gasteiger partial charge in [0.1, 0.15) is 0 Å².